The maximum atomic E-state index is 13.0. The summed E-state index contributed by atoms with van der Waals surface area (Å²) in [5.41, 5.74) is 1.66. The van der Waals surface area contributed by atoms with Crippen LogP contribution >= 0.6 is 15.9 Å². The zero-order chi connectivity index (χ0) is 13.8. The minimum atomic E-state index is -0.643. The molecule has 0 fully saturated rings. The lowest BCUT2D eigenvalue weighted by atomic mass is 10.1. The molecule has 1 unspecified atom stereocenters. The SMILES string of the molecule is CCCn1nccc1C(O)Cc1ccc(F)cc1Br. The van der Waals surface area contributed by atoms with Gasteiger partial charge in [0.25, 0.3) is 0 Å². The molecular formula is C14H16BrFN2O. The van der Waals surface area contributed by atoms with E-state index in [4.69, 9.17) is 0 Å². The number of rotatable bonds is 5. The van der Waals surface area contributed by atoms with Crippen LogP contribution in [0, 0.1) is 5.82 Å². The molecule has 1 N–H and O–H groups in total. The maximum absolute atomic E-state index is 13.0. The Kier molecular flexibility index (Phi) is 4.71. The normalized spacial score (nSPS) is 12.6. The van der Waals surface area contributed by atoms with E-state index in [1.165, 1.54) is 12.1 Å². The fourth-order valence-corrected chi connectivity index (χ4v) is 2.54. The van der Waals surface area contributed by atoms with Crippen molar-refractivity contribution in [2.75, 3.05) is 0 Å². The van der Waals surface area contributed by atoms with Crippen LogP contribution in [0.1, 0.15) is 30.7 Å². The Labute approximate surface area is 120 Å². The van der Waals surface area contributed by atoms with Gasteiger partial charge < -0.3 is 5.11 Å². The molecule has 102 valence electrons. The fraction of sp³-hybridized carbons (Fsp3) is 0.357. The number of benzene rings is 1. The van der Waals surface area contributed by atoms with Gasteiger partial charge in [-0.05, 0) is 30.2 Å². The van der Waals surface area contributed by atoms with Gasteiger partial charge in [-0.25, -0.2) is 4.39 Å². The first kappa shape index (κ1) is 14.2. The standard InChI is InChI=1S/C14H16BrFN2O/c1-2-7-18-13(5-6-17-18)14(19)8-10-3-4-11(16)9-12(10)15/h3-6,9,14,19H,2,7-8H2,1H3. The molecule has 0 aliphatic heterocycles. The molecule has 1 heterocycles. The third-order valence-electron chi connectivity index (χ3n) is 2.95. The molecule has 0 aliphatic rings. The van der Waals surface area contributed by atoms with Crippen LogP contribution in [0.15, 0.2) is 34.9 Å². The molecule has 0 aliphatic carbocycles. The van der Waals surface area contributed by atoms with E-state index < -0.39 is 6.10 Å². The highest BCUT2D eigenvalue weighted by molar-refractivity contribution is 9.10. The van der Waals surface area contributed by atoms with Gasteiger partial charge in [-0.15, -0.1) is 0 Å². The largest absolute Gasteiger partial charge is 0.386 e. The van der Waals surface area contributed by atoms with Gasteiger partial charge >= 0.3 is 0 Å². The number of aliphatic hydroxyl groups excluding tert-OH is 1. The summed E-state index contributed by atoms with van der Waals surface area (Å²) in [6, 6.07) is 6.31. The Balaban J connectivity index is 2.16. The van der Waals surface area contributed by atoms with Crippen molar-refractivity contribution in [1.29, 1.82) is 0 Å². The molecule has 0 spiro atoms. The minimum absolute atomic E-state index is 0.291. The van der Waals surface area contributed by atoms with Crippen LogP contribution in [0.5, 0.6) is 0 Å². The van der Waals surface area contributed by atoms with Crippen LogP contribution in [-0.4, -0.2) is 14.9 Å². The highest BCUT2D eigenvalue weighted by atomic mass is 79.9. The Morgan fingerprint density at radius 3 is 2.89 bits per heavy atom. The summed E-state index contributed by atoms with van der Waals surface area (Å²) in [4.78, 5) is 0. The zero-order valence-electron chi connectivity index (χ0n) is 10.7. The van der Waals surface area contributed by atoms with Gasteiger partial charge in [-0.3, -0.25) is 4.68 Å². The van der Waals surface area contributed by atoms with Gasteiger partial charge in [0.05, 0.1) is 11.8 Å². The molecule has 0 radical (unpaired) electrons. The Hall–Kier alpha value is -1.20. The van der Waals surface area contributed by atoms with Gasteiger partial charge in [0.15, 0.2) is 0 Å². The average Bonchev–Trinajstić information content (AvgIpc) is 2.81. The van der Waals surface area contributed by atoms with E-state index >= 15 is 0 Å². The summed E-state index contributed by atoms with van der Waals surface area (Å²) in [5, 5.41) is 14.5. The molecule has 0 bridgehead atoms. The number of hydrogen-bond donors (Lipinski definition) is 1. The molecule has 1 aromatic heterocycles. The molecule has 3 nitrogen and oxygen atoms in total. The first-order valence-corrected chi connectivity index (χ1v) is 7.04. The number of nitrogens with zero attached hydrogens (tertiary/aromatic N) is 2. The van der Waals surface area contributed by atoms with Crippen molar-refractivity contribution in [2.24, 2.45) is 0 Å². The van der Waals surface area contributed by atoms with E-state index in [0.29, 0.717) is 10.9 Å². The summed E-state index contributed by atoms with van der Waals surface area (Å²) in [7, 11) is 0. The second kappa shape index (κ2) is 6.30. The van der Waals surface area contributed by atoms with Gasteiger partial charge in [-0.1, -0.05) is 28.9 Å². The van der Waals surface area contributed by atoms with Gasteiger partial charge in [-0.2, -0.15) is 5.10 Å². The maximum Gasteiger partial charge on any atom is 0.124 e. The number of halogens is 2. The average molecular weight is 327 g/mol. The first-order chi connectivity index (χ1) is 9.11. The van der Waals surface area contributed by atoms with Crippen molar-refractivity contribution in [1.82, 2.24) is 9.78 Å². The van der Waals surface area contributed by atoms with Crippen LogP contribution in [-0.2, 0) is 13.0 Å². The van der Waals surface area contributed by atoms with Gasteiger partial charge in [0.2, 0.25) is 0 Å². The van der Waals surface area contributed by atoms with Gasteiger partial charge in [0.1, 0.15) is 5.82 Å². The van der Waals surface area contributed by atoms with Crippen molar-refractivity contribution in [3.8, 4) is 0 Å². The second-order valence-electron chi connectivity index (χ2n) is 4.43. The third kappa shape index (κ3) is 3.42. The first-order valence-electron chi connectivity index (χ1n) is 6.25. The predicted molar refractivity (Wildman–Crippen MR) is 75.3 cm³/mol. The molecule has 0 saturated carbocycles. The minimum Gasteiger partial charge on any atom is -0.386 e. The molecule has 2 rings (SSSR count). The lowest BCUT2D eigenvalue weighted by Crippen LogP contribution is -2.11. The topological polar surface area (TPSA) is 38.0 Å². The molecule has 0 saturated heterocycles. The van der Waals surface area contributed by atoms with E-state index in [2.05, 4.69) is 28.0 Å². The number of hydrogen-bond acceptors (Lipinski definition) is 2. The molecular weight excluding hydrogens is 311 g/mol. The van der Waals surface area contributed by atoms with E-state index in [1.807, 2.05) is 10.7 Å². The van der Waals surface area contributed by atoms with Crippen LogP contribution < -0.4 is 0 Å². The molecule has 5 heteroatoms. The number of aromatic nitrogens is 2. The summed E-state index contributed by atoms with van der Waals surface area (Å²) < 4.78 is 15.5. The van der Waals surface area contributed by atoms with Crippen LogP contribution in [0.2, 0.25) is 0 Å². The predicted octanol–water partition coefficient (Wildman–Crippen LogP) is 3.47. The third-order valence-corrected chi connectivity index (χ3v) is 3.69. The van der Waals surface area contributed by atoms with E-state index in [9.17, 15) is 9.50 Å². The molecule has 2 aromatic rings. The summed E-state index contributed by atoms with van der Waals surface area (Å²) in [6.07, 6.45) is 2.43. The Bertz CT molecular complexity index is 556. The van der Waals surface area contributed by atoms with E-state index in [0.717, 1.165) is 24.2 Å². The smallest absolute Gasteiger partial charge is 0.124 e. The summed E-state index contributed by atoms with van der Waals surface area (Å²) in [5.74, 6) is -0.291. The summed E-state index contributed by atoms with van der Waals surface area (Å²) >= 11 is 3.31. The molecule has 0 amide bonds. The quantitative estimate of drug-likeness (QED) is 0.913. The van der Waals surface area contributed by atoms with Crippen molar-refractivity contribution >= 4 is 15.9 Å². The summed E-state index contributed by atoms with van der Waals surface area (Å²) in [6.45, 7) is 2.85. The van der Waals surface area contributed by atoms with Crippen molar-refractivity contribution in [3.05, 3.63) is 52.0 Å². The van der Waals surface area contributed by atoms with Gasteiger partial charge in [0, 0.05) is 23.6 Å². The number of aliphatic hydroxyl groups is 1. The lowest BCUT2D eigenvalue weighted by Gasteiger charge is -2.14. The molecule has 1 atom stereocenters. The molecule has 19 heavy (non-hydrogen) atoms. The lowest BCUT2D eigenvalue weighted by molar-refractivity contribution is 0.166. The van der Waals surface area contributed by atoms with Crippen molar-refractivity contribution in [3.63, 3.8) is 0 Å². The highest BCUT2D eigenvalue weighted by Crippen LogP contribution is 2.24. The van der Waals surface area contributed by atoms with Crippen molar-refractivity contribution < 1.29 is 9.50 Å². The van der Waals surface area contributed by atoms with Crippen LogP contribution in [0.4, 0.5) is 4.39 Å². The van der Waals surface area contributed by atoms with E-state index in [1.54, 1.807) is 12.3 Å². The molecule has 1 aromatic carbocycles. The second-order valence-corrected chi connectivity index (χ2v) is 5.29. The van der Waals surface area contributed by atoms with E-state index in [-0.39, 0.29) is 5.82 Å². The Morgan fingerprint density at radius 1 is 1.42 bits per heavy atom. The Morgan fingerprint density at radius 2 is 2.21 bits per heavy atom. The zero-order valence-corrected chi connectivity index (χ0v) is 12.3. The fourth-order valence-electron chi connectivity index (χ4n) is 2.02. The van der Waals surface area contributed by atoms with Crippen molar-refractivity contribution in [2.45, 2.75) is 32.4 Å². The van der Waals surface area contributed by atoms with Crippen LogP contribution in [0.3, 0.4) is 0 Å². The monoisotopic (exact) mass is 326 g/mol. The number of aryl methyl sites for hydroxylation is 1. The van der Waals surface area contributed by atoms with Crippen LogP contribution in [0.25, 0.3) is 0 Å². The highest BCUT2D eigenvalue weighted by Gasteiger charge is 2.15.